The first kappa shape index (κ1) is 17.2. The summed E-state index contributed by atoms with van der Waals surface area (Å²) in [5, 5.41) is 3.29. The third-order valence-electron chi connectivity index (χ3n) is 2.79. The second-order valence-corrected chi connectivity index (χ2v) is 7.04. The van der Waals surface area contributed by atoms with Crippen LogP contribution in [0.3, 0.4) is 0 Å². The van der Waals surface area contributed by atoms with Gasteiger partial charge < -0.3 is 5.32 Å². The Hall–Kier alpha value is -0.850. The number of halogens is 1. The molecule has 0 aromatic carbocycles. The van der Waals surface area contributed by atoms with E-state index in [1.165, 1.54) is 16.6 Å². The lowest BCUT2D eigenvalue weighted by molar-refractivity contribution is 0.354. The number of nitrogens with one attached hydrogen (secondary N) is 1. The number of rotatable bonds is 7. The number of sulfonamides is 1. The molecule has 0 saturated carbocycles. The molecular weight excluding hydrogens is 298 g/mol. The molecule has 1 heterocycles. The van der Waals surface area contributed by atoms with Crippen molar-refractivity contribution in [2.45, 2.75) is 45.1 Å². The second kappa shape index (κ2) is 7.24. The molecule has 0 unspecified atom stereocenters. The van der Waals surface area contributed by atoms with Gasteiger partial charge in [-0.25, -0.2) is 13.4 Å². The number of hydrogen-bond donors (Lipinski definition) is 1. The van der Waals surface area contributed by atoms with Crippen LogP contribution in [0.25, 0.3) is 0 Å². The van der Waals surface area contributed by atoms with Crippen LogP contribution in [0.4, 0.5) is 5.82 Å². The summed E-state index contributed by atoms with van der Waals surface area (Å²) in [6.07, 6.45) is 2.11. The summed E-state index contributed by atoms with van der Waals surface area (Å²) in [6, 6.07) is 1.35. The van der Waals surface area contributed by atoms with Crippen LogP contribution in [0, 0.1) is 0 Å². The van der Waals surface area contributed by atoms with Crippen LogP contribution in [-0.2, 0) is 10.0 Å². The van der Waals surface area contributed by atoms with Crippen LogP contribution in [0.15, 0.2) is 17.2 Å². The molecule has 20 heavy (non-hydrogen) atoms. The topological polar surface area (TPSA) is 62.3 Å². The molecule has 0 spiro atoms. The Kier molecular flexibility index (Phi) is 6.23. The predicted molar refractivity (Wildman–Crippen MR) is 82.7 cm³/mol. The Morgan fingerprint density at radius 2 is 2.05 bits per heavy atom. The van der Waals surface area contributed by atoms with Crippen molar-refractivity contribution in [2.75, 3.05) is 18.4 Å². The molecule has 0 aliphatic rings. The summed E-state index contributed by atoms with van der Waals surface area (Å²) >= 11 is 6.07. The van der Waals surface area contributed by atoms with Gasteiger partial charge in [0.05, 0.1) is 5.02 Å². The van der Waals surface area contributed by atoms with Crippen LogP contribution in [0.1, 0.15) is 34.1 Å². The van der Waals surface area contributed by atoms with Gasteiger partial charge in [0, 0.05) is 25.3 Å². The van der Waals surface area contributed by atoms with E-state index in [9.17, 15) is 8.42 Å². The van der Waals surface area contributed by atoms with E-state index in [0.29, 0.717) is 23.9 Å². The van der Waals surface area contributed by atoms with Gasteiger partial charge in [-0.05, 0) is 33.3 Å². The van der Waals surface area contributed by atoms with Crippen LogP contribution < -0.4 is 5.32 Å². The molecule has 0 saturated heterocycles. The third kappa shape index (κ3) is 3.84. The highest BCUT2D eigenvalue weighted by Crippen LogP contribution is 2.25. The first-order valence-corrected chi connectivity index (χ1v) is 8.57. The maximum atomic E-state index is 12.6. The lowest BCUT2D eigenvalue weighted by Crippen LogP contribution is -2.37. The van der Waals surface area contributed by atoms with Gasteiger partial charge in [-0.15, -0.1) is 0 Å². The Balaban J connectivity index is 3.17. The minimum atomic E-state index is -3.56. The lowest BCUT2D eigenvalue weighted by Gasteiger charge is -2.25. The molecule has 0 amide bonds. The first-order valence-electron chi connectivity index (χ1n) is 6.75. The van der Waals surface area contributed by atoms with E-state index in [-0.39, 0.29) is 10.9 Å². The van der Waals surface area contributed by atoms with Crippen molar-refractivity contribution in [1.82, 2.24) is 9.29 Å². The largest absolute Gasteiger partial charge is 0.369 e. The predicted octanol–water partition coefficient (Wildman–Crippen LogP) is 2.98. The van der Waals surface area contributed by atoms with Gasteiger partial charge in [-0.2, -0.15) is 4.31 Å². The van der Waals surface area contributed by atoms with Gasteiger partial charge in [0.2, 0.25) is 10.0 Å². The molecule has 7 heteroatoms. The fourth-order valence-electron chi connectivity index (χ4n) is 1.87. The molecule has 0 fully saturated rings. The fourth-order valence-corrected chi connectivity index (χ4v) is 3.87. The second-order valence-electron chi connectivity index (χ2n) is 4.74. The number of hydrogen-bond acceptors (Lipinski definition) is 4. The molecule has 0 radical (unpaired) electrons. The lowest BCUT2D eigenvalue weighted by atomic mass is 10.4. The van der Waals surface area contributed by atoms with E-state index in [4.69, 9.17) is 11.6 Å². The molecule has 114 valence electrons. The standard InChI is InChI=1S/C13H22ClN3O2S/c1-5-7-17(10(3)4)20(18,19)11-8-12(14)13(15-6-2)16-9-11/h8-10H,5-7H2,1-4H3,(H,15,16). The van der Waals surface area contributed by atoms with Crippen LogP contribution in [0.2, 0.25) is 5.02 Å². The van der Waals surface area contributed by atoms with E-state index < -0.39 is 10.0 Å². The normalized spacial score (nSPS) is 12.2. The SMILES string of the molecule is CCCN(C(C)C)S(=O)(=O)c1cnc(NCC)c(Cl)c1. The van der Waals surface area contributed by atoms with Gasteiger partial charge in [0.15, 0.2) is 0 Å². The van der Waals surface area contributed by atoms with Gasteiger partial charge in [0.25, 0.3) is 0 Å². The zero-order valence-electron chi connectivity index (χ0n) is 12.4. The van der Waals surface area contributed by atoms with Gasteiger partial charge >= 0.3 is 0 Å². The molecule has 1 rings (SSSR count). The van der Waals surface area contributed by atoms with Crippen molar-refractivity contribution in [3.63, 3.8) is 0 Å². The van der Waals surface area contributed by atoms with Crippen LogP contribution in [0.5, 0.6) is 0 Å². The average molecular weight is 320 g/mol. The van der Waals surface area contributed by atoms with Gasteiger partial charge in [-0.1, -0.05) is 18.5 Å². The Bertz CT molecular complexity index is 547. The molecule has 0 aliphatic carbocycles. The van der Waals surface area contributed by atoms with Crippen LogP contribution >= 0.6 is 11.6 Å². The molecule has 0 aliphatic heterocycles. The number of aromatic nitrogens is 1. The monoisotopic (exact) mass is 319 g/mol. The molecule has 0 bridgehead atoms. The minimum Gasteiger partial charge on any atom is -0.369 e. The van der Waals surface area contributed by atoms with Crippen molar-refractivity contribution in [3.05, 3.63) is 17.3 Å². The molecule has 1 aromatic rings. The molecule has 5 nitrogen and oxygen atoms in total. The number of anilines is 1. The Morgan fingerprint density at radius 1 is 1.40 bits per heavy atom. The number of pyridine rings is 1. The Labute approximate surface area is 126 Å². The fraction of sp³-hybridized carbons (Fsp3) is 0.615. The van der Waals surface area contributed by atoms with Gasteiger partial charge in [0.1, 0.15) is 10.7 Å². The summed E-state index contributed by atoms with van der Waals surface area (Å²) < 4.78 is 26.6. The first-order chi connectivity index (χ1) is 9.34. The summed E-state index contributed by atoms with van der Waals surface area (Å²) in [5.41, 5.74) is 0. The third-order valence-corrected chi connectivity index (χ3v) is 5.12. The van der Waals surface area contributed by atoms with E-state index in [1.54, 1.807) is 0 Å². The average Bonchev–Trinajstić information content (AvgIpc) is 2.37. The van der Waals surface area contributed by atoms with E-state index in [1.807, 2.05) is 27.7 Å². The highest BCUT2D eigenvalue weighted by molar-refractivity contribution is 7.89. The molecule has 0 atom stereocenters. The zero-order valence-corrected chi connectivity index (χ0v) is 13.9. The van der Waals surface area contributed by atoms with E-state index >= 15 is 0 Å². The highest BCUT2D eigenvalue weighted by Gasteiger charge is 2.27. The molecule has 1 N–H and O–H groups in total. The van der Waals surface area contributed by atoms with Crippen molar-refractivity contribution in [2.24, 2.45) is 0 Å². The summed E-state index contributed by atoms with van der Waals surface area (Å²) in [4.78, 5) is 4.22. The summed E-state index contributed by atoms with van der Waals surface area (Å²) in [7, 11) is -3.56. The van der Waals surface area contributed by atoms with E-state index in [2.05, 4.69) is 10.3 Å². The Morgan fingerprint density at radius 3 is 2.50 bits per heavy atom. The van der Waals surface area contributed by atoms with Crippen molar-refractivity contribution >= 4 is 27.4 Å². The molecule has 1 aromatic heterocycles. The molecular formula is C13H22ClN3O2S. The minimum absolute atomic E-state index is 0.104. The quantitative estimate of drug-likeness (QED) is 0.839. The van der Waals surface area contributed by atoms with Crippen molar-refractivity contribution in [1.29, 1.82) is 0 Å². The number of nitrogens with zero attached hydrogens (tertiary/aromatic N) is 2. The maximum absolute atomic E-state index is 12.6. The van der Waals surface area contributed by atoms with Crippen LogP contribution in [-0.4, -0.2) is 36.8 Å². The smallest absolute Gasteiger partial charge is 0.244 e. The summed E-state index contributed by atoms with van der Waals surface area (Å²) in [6.45, 7) is 8.73. The summed E-state index contributed by atoms with van der Waals surface area (Å²) in [5.74, 6) is 0.500. The maximum Gasteiger partial charge on any atom is 0.244 e. The van der Waals surface area contributed by atoms with Gasteiger partial charge in [-0.3, -0.25) is 0 Å². The van der Waals surface area contributed by atoms with Crippen molar-refractivity contribution in [3.8, 4) is 0 Å². The zero-order chi connectivity index (χ0) is 15.3. The highest BCUT2D eigenvalue weighted by atomic mass is 35.5. The van der Waals surface area contributed by atoms with Crippen molar-refractivity contribution < 1.29 is 8.42 Å². The van der Waals surface area contributed by atoms with E-state index in [0.717, 1.165) is 6.42 Å².